The average Bonchev–Trinajstić information content (AvgIpc) is 2.65. The highest BCUT2D eigenvalue weighted by Gasteiger charge is 2.30. The summed E-state index contributed by atoms with van der Waals surface area (Å²) in [7, 11) is 4.39. The topological polar surface area (TPSA) is 54.0 Å². The average molecular weight is 382 g/mol. The van der Waals surface area contributed by atoms with Crippen LogP contribution in [0.1, 0.15) is 11.1 Å². The SMILES string of the molecule is COc1cc(/C=C/C(=O)Oc2ccc(C(F)(F)F)cc2)cc(OC)c1OC. The smallest absolute Gasteiger partial charge is 0.416 e. The molecule has 2 aromatic carbocycles. The molecule has 27 heavy (non-hydrogen) atoms. The molecule has 5 nitrogen and oxygen atoms in total. The molecule has 0 aliphatic carbocycles. The molecule has 0 amide bonds. The van der Waals surface area contributed by atoms with Gasteiger partial charge in [-0.1, -0.05) is 0 Å². The number of halogens is 3. The van der Waals surface area contributed by atoms with E-state index in [0.717, 1.165) is 30.3 Å². The second-order valence-electron chi connectivity index (χ2n) is 5.24. The molecule has 0 spiro atoms. The summed E-state index contributed by atoms with van der Waals surface area (Å²) in [6, 6.07) is 7.09. The number of methoxy groups -OCH3 is 3. The lowest BCUT2D eigenvalue weighted by Crippen LogP contribution is -2.06. The third-order valence-electron chi connectivity index (χ3n) is 3.50. The molecule has 0 aliphatic heterocycles. The van der Waals surface area contributed by atoms with Gasteiger partial charge in [-0.2, -0.15) is 13.2 Å². The summed E-state index contributed by atoms with van der Waals surface area (Å²) in [6.07, 6.45) is -1.86. The highest BCUT2D eigenvalue weighted by Crippen LogP contribution is 2.38. The fourth-order valence-electron chi connectivity index (χ4n) is 2.22. The van der Waals surface area contributed by atoms with E-state index in [-0.39, 0.29) is 5.75 Å². The minimum absolute atomic E-state index is 0.00235. The summed E-state index contributed by atoms with van der Waals surface area (Å²) >= 11 is 0. The van der Waals surface area contributed by atoms with E-state index in [1.807, 2.05) is 0 Å². The molecule has 144 valence electrons. The van der Waals surface area contributed by atoms with Crippen molar-refractivity contribution in [1.82, 2.24) is 0 Å². The summed E-state index contributed by atoms with van der Waals surface area (Å²) in [6.45, 7) is 0. The van der Waals surface area contributed by atoms with Crippen LogP contribution in [0.2, 0.25) is 0 Å². The maximum atomic E-state index is 12.5. The summed E-state index contributed by atoms with van der Waals surface area (Å²) in [4.78, 5) is 11.9. The number of rotatable bonds is 6. The number of carbonyl (C=O) groups is 1. The van der Waals surface area contributed by atoms with Crippen molar-refractivity contribution >= 4 is 12.0 Å². The van der Waals surface area contributed by atoms with Crippen LogP contribution in [0.15, 0.2) is 42.5 Å². The van der Waals surface area contributed by atoms with Gasteiger partial charge in [0.05, 0.1) is 26.9 Å². The van der Waals surface area contributed by atoms with Gasteiger partial charge < -0.3 is 18.9 Å². The molecule has 0 aromatic heterocycles. The summed E-state index contributed by atoms with van der Waals surface area (Å²) in [5, 5.41) is 0. The van der Waals surface area contributed by atoms with Crippen molar-refractivity contribution in [3.05, 3.63) is 53.6 Å². The van der Waals surface area contributed by atoms with E-state index in [9.17, 15) is 18.0 Å². The molecule has 0 saturated heterocycles. The van der Waals surface area contributed by atoms with E-state index in [0.29, 0.717) is 22.8 Å². The first-order chi connectivity index (χ1) is 12.8. The van der Waals surface area contributed by atoms with Gasteiger partial charge in [-0.05, 0) is 48.0 Å². The first-order valence-corrected chi connectivity index (χ1v) is 7.65. The Morgan fingerprint density at radius 1 is 0.926 bits per heavy atom. The van der Waals surface area contributed by atoms with Crippen molar-refractivity contribution in [3.8, 4) is 23.0 Å². The largest absolute Gasteiger partial charge is 0.493 e. The molecule has 0 radical (unpaired) electrons. The lowest BCUT2D eigenvalue weighted by Gasteiger charge is -2.12. The quantitative estimate of drug-likeness (QED) is 0.422. The zero-order valence-corrected chi connectivity index (χ0v) is 14.8. The van der Waals surface area contributed by atoms with Crippen molar-refractivity contribution in [1.29, 1.82) is 0 Å². The third kappa shape index (κ3) is 5.16. The molecule has 8 heteroatoms. The van der Waals surface area contributed by atoms with Crippen LogP contribution in [0.25, 0.3) is 6.08 Å². The van der Waals surface area contributed by atoms with E-state index < -0.39 is 17.7 Å². The Bertz CT molecular complexity index is 801. The van der Waals surface area contributed by atoms with Crippen molar-refractivity contribution in [2.75, 3.05) is 21.3 Å². The number of ether oxygens (including phenoxy) is 4. The molecule has 0 saturated carbocycles. The lowest BCUT2D eigenvalue weighted by molar-refractivity contribution is -0.137. The first-order valence-electron chi connectivity index (χ1n) is 7.65. The number of hydrogen-bond acceptors (Lipinski definition) is 5. The van der Waals surface area contributed by atoms with Gasteiger partial charge in [0.25, 0.3) is 0 Å². The lowest BCUT2D eigenvalue weighted by atomic mass is 10.1. The second kappa shape index (κ2) is 8.48. The Kier molecular flexibility index (Phi) is 6.33. The van der Waals surface area contributed by atoms with Crippen molar-refractivity contribution in [2.45, 2.75) is 6.18 Å². The minimum Gasteiger partial charge on any atom is -0.493 e. The maximum absolute atomic E-state index is 12.5. The van der Waals surface area contributed by atoms with Crippen LogP contribution in [-0.2, 0) is 11.0 Å². The molecule has 0 N–H and O–H groups in total. The van der Waals surface area contributed by atoms with Crippen LogP contribution >= 0.6 is 0 Å². The maximum Gasteiger partial charge on any atom is 0.416 e. The molecule has 0 heterocycles. The first kappa shape index (κ1) is 20.2. The normalized spacial score (nSPS) is 11.3. The molecule has 0 aliphatic rings. The molecule has 0 fully saturated rings. The summed E-state index contributed by atoms with van der Waals surface area (Å²) < 4.78 is 58.2. The van der Waals surface area contributed by atoms with Crippen LogP contribution in [0.4, 0.5) is 13.2 Å². The van der Waals surface area contributed by atoms with Gasteiger partial charge in [0.1, 0.15) is 5.75 Å². The van der Waals surface area contributed by atoms with Crippen LogP contribution < -0.4 is 18.9 Å². The second-order valence-corrected chi connectivity index (χ2v) is 5.24. The zero-order valence-electron chi connectivity index (χ0n) is 14.8. The van der Waals surface area contributed by atoms with Gasteiger partial charge in [0, 0.05) is 6.08 Å². The van der Waals surface area contributed by atoms with Gasteiger partial charge in [0.2, 0.25) is 5.75 Å². The zero-order chi connectivity index (χ0) is 20.0. The van der Waals surface area contributed by atoms with Crippen molar-refractivity contribution in [3.63, 3.8) is 0 Å². The highest BCUT2D eigenvalue weighted by molar-refractivity contribution is 5.89. The summed E-state index contributed by atoms with van der Waals surface area (Å²) in [5.74, 6) is 0.482. The fraction of sp³-hybridized carbons (Fsp3) is 0.211. The van der Waals surface area contributed by atoms with Gasteiger partial charge in [-0.15, -0.1) is 0 Å². The fourth-order valence-corrected chi connectivity index (χ4v) is 2.22. The molecule has 0 bridgehead atoms. The van der Waals surface area contributed by atoms with Crippen LogP contribution in [-0.4, -0.2) is 27.3 Å². The van der Waals surface area contributed by atoms with E-state index in [1.165, 1.54) is 27.4 Å². The molecule has 2 aromatic rings. The number of carbonyl (C=O) groups excluding carboxylic acids is 1. The summed E-state index contributed by atoms with van der Waals surface area (Å²) in [5.41, 5.74) is -0.246. The number of hydrogen-bond donors (Lipinski definition) is 0. The van der Waals surface area contributed by atoms with Crippen LogP contribution in [0.5, 0.6) is 23.0 Å². The van der Waals surface area contributed by atoms with Crippen molar-refractivity contribution < 1.29 is 36.9 Å². The minimum atomic E-state index is -4.45. The molecule has 0 atom stereocenters. The standard InChI is InChI=1S/C19H17F3O5/c1-24-15-10-12(11-16(25-2)18(15)26-3)4-9-17(23)27-14-7-5-13(6-8-14)19(20,21)22/h4-11H,1-3H3/b9-4+. The van der Waals surface area contributed by atoms with Gasteiger partial charge in [0.15, 0.2) is 11.5 Å². The Morgan fingerprint density at radius 3 is 1.93 bits per heavy atom. The van der Waals surface area contributed by atoms with Gasteiger partial charge >= 0.3 is 12.1 Å². The van der Waals surface area contributed by atoms with Crippen LogP contribution in [0, 0.1) is 0 Å². The molecule has 0 unspecified atom stereocenters. The molecule has 2 rings (SSSR count). The predicted molar refractivity (Wildman–Crippen MR) is 92.2 cm³/mol. The Hall–Kier alpha value is -3.16. The molecular weight excluding hydrogens is 365 g/mol. The van der Waals surface area contributed by atoms with Gasteiger partial charge in [-0.25, -0.2) is 4.79 Å². The third-order valence-corrected chi connectivity index (χ3v) is 3.50. The monoisotopic (exact) mass is 382 g/mol. The van der Waals surface area contributed by atoms with E-state index in [1.54, 1.807) is 12.1 Å². The Labute approximate surface area is 153 Å². The van der Waals surface area contributed by atoms with E-state index >= 15 is 0 Å². The Morgan fingerprint density at radius 2 is 1.48 bits per heavy atom. The van der Waals surface area contributed by atoms with Crippen LogP contribution in [0.3, 0.4) is 0 Å². The highest BCUT2D eigenvalue weighted by atomic mass is 19.4. The Balaban J connectivity index is 2.12. The van der Waals surface area contributed by atoms with E-state index in [2.05, 4.69) is 0 Å². The number of alkyl halides is 3. The van der Waals surface area contributed by atoms with E-state index in [4.69, 9.17) is 18.9 Å². The number of esters is 1. The van der Waals surface area contributed by atoms with Gasteiger partial charge in [-0.3, -0.25) is 0 Å². The van der Waals surface area contributed by atoms with Crippen molar-refractivity contribution in [2.24, 2.45) is 0 Å². The number of benzene rings is 2. The predicted octanol–water partition coefficient (Wildman–Crippen LogP) is 4.35. The molecular formula is C19H17F3O5.